The van der Waals surface area contributed by atoms with Gasteiger partial charge in [-0.05, 0) is 18.1 Å². The minimum Gasteiger partial charge on any atom is -0.480 e. The molecule has 0 saturated heterocycles. The van der Waals surface area contributed by atoms with Gasteiger partial charge >= 0.3 is 5.97 Å². The molecule has 110 valence electrons. The number of hydrogen-bond donors (Lipinski definition) is 2. The second-order valence-corrected chi connectivity index (χ2v) is 4.76. The number of nitrogens with zero attached hydrogens (tertiary/aromatic N) is 1. The van der Waals surface area contributed by atoms with Gasteiger partial charge in [0, 0.05) is 19.2 Å². The normalized spacial score (nSPS) is 13.5. The van der Waals surface area contributed by atoms with Gasteiger partial charge in [0.25, 0.3) is 0 Å². The van der Waals surface area contributed by atoms with Crippen LogP contribution in [0.25, 0.3) is 0 Å². The van der Waals surface area contributed by atoms with E-state index in [2.05, 4.69) is 5.32 Å². The Hall–Kier alpha value is -2.11. The molecule has 0 spiro atoms. The number of carbonyl (C=O) groups excluding carboxylic acids is 2. The molecule has 0 aliphatic heterocycles. The van der Waals surface area contributed by atoms with E-state index in [0.29, 0.717) is 18.7 Å². The Morgan fingerprint density at radius 3 is 2.75 bits per heavy atom. The first-order chi connectivity index (χ1) is 9.49. The topological polar surface area (TPSA) is 88.4 Å². The fourth-order valence-corrected chi connectivity index (χ4v) is 1.89. The van der Waals surface area contributed by atoms with Crippen LogP contribution in [-0.2, 0) is 16.1 Å². The fourth-order valence-electron chi connectivity index (χ4n) is 1.89. The fraction of sp³-hybridized carbons (Fsp3) is 0.500. The molecule has 6 heteroatoms. The number of hydrogen-bond acceptors (Lipinski definition) is 3. The summed E-state index contributed by atoms with van der Waals surface area (Å²) in [5.41, 5.74) is 0.495. The Morgan fingerprint density at radius 2 is 2.20 bits per heavy atom. The van der Waals surface area contributed by atoms with E-state index < -0.39 is 12.0 Å². The zero-order valence-corrected chi connectivity index (χ0v) is 11.7. The third kappa shape index (κ3) is 4.22. The summed E-state index contributed by atoms with van der Waals surface area (Å²) in [6.45, 7) is 4.01. The Morgan fingerprint density at radius 1 is 1.50 bits per heavy atom. The molecule has 2 atom stereocenters. The van der Waals surface area contributed by atoms with Crippen LogP contribution in [0.3, 0.4) is 0 Å². The van der Waals surface area contributed by atoms with E-state index >= 15 is 0 Å². The SMILES string of the molecule is CCC(C)C(NC(=O)CCn1cccc1C=O)C(=O)O. The number of aldehydes is 1. The number of rotatable bonds is 8. The summed E-state index contributed by atoms with van der Waals surface area (Å²) in [5.74, 6) is -1.49. The first-order valence-corrected chi connectivity index (χ1v) is 6.62. The third-order valence-electron chi connectivity index (χ3n) is 3.36. The van der Waals surface area contributed by atoms with Crippen molar-refractivity contribution in [3.8, 4) is 0 Å². The van der Waals surface area contributed by atoms with Crippen molar-refractivity contribution in [3.05, 3.63) is 24.0 Å². The summed E-state index contributed by atoms with van der Waals surface area (Å²) in [5, 5.41) is 11.6. The Labute approximate surface area is 117 Å². The van der Waals surface area contributed by atoms with Crippen molar-refractivity contribution in [3.63, 3.8) is 0 Å². The van der Waals surface area contributed by atoms with Gasteiger partial charge in [-0.15, -0.1) is 0 Å². The van der Waals surface area contributed by atoms with Gasteiger partial charge in [-0.25, -0.2) is 4.79 Å². The number of carboxylic acid groups (broad SMARTS) is 1. The highest BCUT2D eigenvalue weighted by molar-refractivity contribution is 5.83. The van der Waals surface area contributed by atoms with Gasteiger partial charge in [0.2, 0.25) is 5.91 Å². The monoisotopic (exact) mass is 280 g/mol. The van der Waals surface area contributed by atoms with Gasteiger partial charge in [-0.1, -0.05) is 20.3 Å². The summed E-state index contributed by atoms with van der Waals surface area (Å²) < 4.78 is 1.66. The zero-order chi connectivity index (χ0) is 15.1. The van der Waals surface area contributed by atoms with Gasteiger partial charge in [-0.3, -0.25) is 9.59 Å². The molecule has 0 fully saturated rings. The molecule has 1 aromatic heterocycles. The predicted molar refractivity (Wildman–Crippen MR) is 73.5 cm³/mol. The Balaban J connectivity index is 2.54. The minimum atomic E-state index is -1.03. The van der Waals surface area contributed by atoms with E-state index in [1.807, 2.05) is 6.92 Å². The van der Waals surface area contributed by atoms with Crippen LogP contribution >= 0.6 is 0 Å². The summed E-state index contributed by atoms with van der Waals surface area (Å²) in [7, 11) is 0. The quantitative estimate of drug-likeness (QED) is 0.703. The van der Waals surface area contributed by atoms with Gasteiger partial charge < -0.3 is 15.0 Å². The molecule has 2 N–H and O–H groups in total. The van der Waals surface area contributed by atoms with Crippen molar-refractivity contribution in [2.24, 2.45) is 5.92 Å². The lowest BCUT2D eigenvalue weighted by Crippen LogP contribution is -2.45. The van der Waals surface area contributed by atoms with E-state index in [1.165, 1.54) is 0 Å². The second kappa shape index (κ2) is 7.47. The van der Waals surface area contributed by atoms with E-state index in [4.69, 9.17) is 5.11 Å². The first kappa shape index (κ1) is 15.9. The molecule has 1 heterocycles. The van der Waals surface area contributed by atoms with Crippen LogP contribution in [0.15, 0.2) is 18.3 Å². The number of aromatic nitrogens is 1. The average molecular weight is 280 g/mol. The maximum absolute atomic E-state index is 11.8. The number of aliphatic carboxylic acids is 1. The molecule has 0 aliphatic rings. The first-order valence-electron chi connectivity index (χ1n) is 6.62. The van der Waals surface area contributed by atoms with Crippen LogP contribution in [-0.4, -0.2) is 33.9 Å². The number of amides is 1. The molecular weight excluding hydrogens is 260 g/mol. The predicted octanol–water partition coefficient (Wildman–Crippen LogP) is 1.31. The molecule has 0 aliphatic carbocycles. The average Bonchev–Trinajstić information content (AvgIpc) is 2.88. The lowest BCUT2D eigenvalue weighted by molar-refractivity contribution is -0.143. The Bertz CT molecular complexity index is 481. The van der Waals surface area contributed by atoms with E-state index in [-0.39, 0.29) is 18.2 Å². The van der Waals surface area contributed by atoms with Crippen LogP contribution in [0, 0.1) is 5.92 Å². The lowest BCUT2D eigenvalue weighted by atomic mass is 9.99. The molecule has 0 radical (unpaired) electrons. The highest BCUT2D eigenvalue weighted by Gasteiger charge is 2.24. The van der Waals surface area contributed by atoms with Crippen molar-refractivity contribution in [2.75, 3.05) is 0 Å². The Kier molecular flexibility index (Phi) is 5.96. The standard InChI is InChI=1S/C14H20N2O4/c1-3-10(2)13(14(19)20)15-12(18)6-8-16-7-4-5-11(16)9-17/h4-5,7,9-10,13H,3,6,8H2,1-2H3,(H,15,18)(H,19,20). The summed E-state index contributed by atoms with van der Waals surface area (Å²) in [4.78, 5) is 33.6. The van der Waals surface area contributed by atoms with Crippen molar-refractivity contribution in [1.29, 1.82) is 0 Å². The van der Waals surface area contributed by atoms with E-state index in [1.54, 1.807) is 29.8 Å². The third-order valence-corrected chi connectivity index (χ3v) is 3.36. The lowest BCUT2D eigenvalue weighted by Gasteiger charge is -2.20. The van der Waals surface area contributed by atoms with Crippen LogP contribution in [0.2, 0.25) is 0 Å². The number of carboxylic acids is 1. The number of nitrogens with one attached hydrogen (secondary N) is 1. The smallest absolute Gasteiger partial charge is 0.326 e. The van der Waals surface area contributed by atoms with Crippen molar-refractivity contribution < 1.29 is 19.5 Å². The molecule has 2 unspecified atom stereocenters. The van der Waals surface area contributed by atoms with Gasteiger partial charge in [0.1, 0.15) is 6.04 Å². The van der Waals surface area contributed by atoms with E-state index in [0.717, 1.165) is 6.29 Å². The number of aryl methyl sites for hydroxylation is 1. The van der Waals surface area contributed by atoms with Gasteiger partial charge in [0.05, 0.1) is 5.69 Å². The highest BCUT2D eigenvalue weighted by atomic mass is 16.4. The maximum atomic E-state index is 11.8. The molecule has 1 rings (SSSR count). The molecule has 6 nitrogen and oxygen atoms in total. The molecule has 1 aromatic rings. The van der Waals surface area contributed by atoms with Crippen molar-refractivity contribution in [2.45, 2.75) is 39.3 Å². The van der Waals surface area contributed by atoms with Crippen LogP contribution in [0.5, 0.6) is 0 Å². The summed E-state index contributed by atoms with van der Waals surface area (Å²) in [6.07, 6.45) is 3.23. The maximum Gasteiger partial charge on any atom is 0.326 e. The molecule has 0 bridgehead atoms. The number of carbonyl (C=O) groups is 3. The summed E-state index contributed by atoms with van der Waals surface area (Å²) >= 11 is 0. The summed E-state index contributed by atoms with van der Waals surface area (Å²) in [6, 6.07) is 2.51. The van der Waals surface area contributed by atoms with Crippen LogP contribution in [0.4, 0.5) is 0 Å². The highest BCUT2D eigenvalue weighted by Crippen LogP contribution is 2.08. The molecule has 1 amide bonds. The molecule has 0 saturated carbocycles. The van der Waals surface area contributed by atoms with Gasteiger partial charge in [-0.2, -0.15) is 0 Å². The van der Waals surface area contributed by atoms with Crippen LogP contribution in [0.1, 0.15) is 37.2 Å². The van der Waals surface area contributed by atoms with Crippen molar-refractivity contribution in [1.82, 2.24) is 9.88 Å². The largest absolute Gasteiger partial charge is 0.480 e. The van der Waals surface area contributed by atoms with E-state index in [9.17, 15) is 14.4 Å². The van der Waals surface area contributed by atoms with Gasteiger partial charge in [0.15, 0.2) is 6.29 Å². The second-order valence-electron chi connectivity index (χ2n) is 4.76. The molecule has 0 aromatic carbocycles. The van der Waals surface area contributed by atoms with Crippen LogP contribution < -0.4 is 5.32 Å². The molecular formula is C14H20N2O4. The van der Waals surface area contributed by atoms with Crippen molar-refractivity contribution >= 4 is 18.2 Å². The minimum absolute atomic E-state index is 0.131. The zero-order valence-electron chi connectivity index (χ0n) is 11.7. The molecule has 20 heavy (non-hydrogen) atoms.